The fourth-order valence-corrected chi connectivity index (χ4v) is 3.79. The zero-order valence-electron chi connectivity index (χ0n) is 14.8. The summed E-state index contributed by atoms with van der Waals surface area (Å²) in [6.45, 7) is 0.405. The minimum absolute atomic E-state index is 0.0238. The van der Waals surface area contributed by atoms with Gasteiger partial charge in [-0.1, -0.05) is 6.07 Å². The Balaban J connectivity index is 1.43. The highest BCUT2D eigenvalue weighted by Gasteiger charge is 2.35. The monoisotopic (exact) mass is 350 g/mol. The van der Waals surface area contributed by atoms with Crippen LogP contribution in [0.3, 0.4) is 0 Å². The highest BCUT2D eigenvalue weighted by atomic mass is 16.5. The van der Waals surface area contributed by atoms with E-state index in [2.05, 4.69) is 17.4 Å². The topological polar surface area (TPSA) is 58.6 Å². The van der Waals surface area contributed by atoms with Crippen molar-refractivity contribution in [3.8, 4) is 5.75 Å². The second-order valence-corrected chi connectivity index (χ2v) is 6.93. The third-order valence-corrected chi connectivity index (χ3v) is 5.25. The summed E-state index contributed by atoms with van der Waals surface area (Å²) in [6.07, 6.45) is 3.62. The number of carbonyl (C=O) groups is 2. The van der Waals surface area contributed by atoms with Gasteiger partial charge in [-0.25, -0.2) is 0 Å². The number of benzene rings is 2. The van der Waals surface area contributed by atoms with Crippen LogP contribution in [0.15, 0.2) is 42.5 Å². The molecule has 134 valence electrons. The van der Waals surface area contributed by atoms with Gasteiger partial charge in [0.05, 0.1) is 13.0 Å². The van der Waals surface area contributed by atoms with Crippen molar-refractivity contribution in [1.82, 2.24) is 0 Å². The molecule has 5 nitrogen and oxygen atoms in total. The fourth-order valence-electron chi connectivity index (χ4n) is 3.79. The van der Waals surface area contributed by atoms with Crippen LogP contribution in [0.2, 0.25) is 0 Å². The third kappa shape index (κ3) is 3.17. The van der Waals surface area contributed by atoms with E-state index in [9.17, 15) is 9.59 Å². The molecule has 0 aromatic heterocycles. The van der Waals surface area contributed by atoms with Crippen molar-refractivity contribution in [2.24, 2.45) is 5.92 Å². The van der Waals surface area contributed by atoms with Gasteiger partial charge in [-0.05, 0) is 66.8 Å². The first kappa shape index (κ1) is 16.6. The van der Waals surface area contributed by atoms with Gasteiger partial charge in [0.25, 0.3) is 0 Å². The first-order chi connectivity index (χ1) is 12.6. The molecule has 0 spiro atoms. The number of hydrogen-bond donors (Lipinski definition) is 1. The molecule has 1 fully saturated rings. The number of nitrogens with zero attached hydrogens (tertiary/aromatic N) is 1. The zero-order valence-corrected chi connectivity index (χ0v) is 14.8. The molecule has 1 unspecified atom stereocenters. The van der Waals surface area contributed by atoms with E-state index in [0.717, 1.165) is 30.0 Å². The Morgan fingerprint density at radius 2 is 1.88 bits per heavy atom. The Labute approximate surface area is 153 Å². The van der Waals surface area contributed by atoms with Crippen molar-refractivity contribution in [3.05, 3.63) is 53.6 Å². The Bertz CT molecular complexity index is 845. The number of carbonyl (C=O) groups excluding carboxylic acids is 2. The van der Waals surface area contributed by atoms with Crippen molar-refractivity contribution in [2.75, 3.05) is 23.9 Å². The quantitative estimate of drug-likeness (QED) is 0.921. The summed E-state index contributed by atoms with van der Waals surface area (Å²) >= 11 is 0. The molecule has 0 radical (unpaired) electrons. The number of nitrogens with one attached hydrogen (secondary N) is 1. The number of fused-ring (bicyclic) bond motifs is 1. The lowest BCUT2D eigenvalue weighted by Gasteiger charge is -2.17. The van der Waals surface area contributed by atoms with Crippen LogP contribution in [0.5, 0.6) is 5.75 Å². The molecular formula is C21H22N2O3. The highest BCUT2D eigenvalue weighted by Crippen LogP contribution is 2.29. The Hall–Kier alpha value is -2.82. The summed E-state index contributed by atoms with van der Waals surface area (Å²) in [5.74, 6) is 0.292. The van der Waals surface area contributed by atoms with Gasteiger partial charge >= 0.3 is 0 Å². The Kier molecular flexibility index (Phi) is 4.37. The minimum Gasteiger partial charge on any atom is -0.497 e. The molecule has 1 heterocycles. The van der Waals surface area contributed by atoms with E-state index in [4.69, 9.17) is 4.74 Å². The standard InChI is InChI=1S/C21H22N2O3/c1-26-19-9-7-18(8-10-19)23-13-16(12-20(23)24)21(25)22-17-6-5-14-3-2-4-15(14)11-17/h5-11,16H,2-4,12-13H2,1H3,(H,22,25). The van der Waals surface area contributed by atoms with E-state index in [1.54, 1.807) is 12.0 Å². The molecular weight excluding hydrogens is 328 g/mol. The van der Waals surface area contributed by atoms with Gasteiger partial charge in [0.2, 0.25) is 11.8 Å². The second kappa shape index (κ2) is 6.83. The molecule has 26 heavy (non-hydrogen) atoms. The summed E-state index contributed by atoms with van der Waals surface area (Å²) in [5, 5.41) is 2.99. The van der Waals surface area contributed by atoms with Gasteiger partial charge in [-0.3, -0.25) is 9.59 Å². The maximum atomic E-state index is 12.6. The first-order valence-electron chi connectivity index (χ1n) is 9.01. The summed E-state index contributed by atoms with van der Waals surface area (Å²) in [7, 11) is 1.61. The van der Waals surface area contributed by atoms with Gasteiger partial charge in [-0.15, -0.1) is 0 Å². The molecule has 4 rings (SSSR count). The molecule has 1 atom stereocenters. The van der Waals surface area contributed by atoms with E-state index >= 15 is 0 Å². The lowest BCUT2D eigenvalue weighted by Crippen LogP contribution is -2.28. The highest BCUT2D eigenvalue weighted by molar-refractivity contribution is 6.03. The van der Waals surface area contributed by atoms with Crippen LogP contribution in [0.25, 0.3) is 0 Å². The molecule has 2 aromatic carbocycles. The van der Waals surface area contributed by atoms with Gasteiger partial charge in [-0.2, -0.15) is 0 Å². The molecule has 1 N–H and O–H groups in total. The predicted octanol–water partition coefficient (Wildman–Crippen LogP) is 3.18. The predicted molar refractivity (Wildman–Crippen MR) is 101 cm³/mol. The molecule has 1 saturated heterocycles. The van der Waals surface area contributed by atoms with Crippen molar-refractivity contribution < 1.29 is 14.3 Å². The summed E-state index contributed by atoms with van der Waals surface area (Å²) in [6, 6.07) is 13.5. The van der Waals surface area contributed by atoms with Gasteiger partial charge < -0.3 is 15.0 Å². The van der Waals surface area contributed by atoms with Gasteiger partial charge in [0, 0.05) is 24.3 Å². The van der Waals surface area contributed by atoms with Gasteiger partial charge in [0.15, 0.2) is 0 Å². The average Bonchev–Trinajstić information content (AvgIpc) is 3.28. The number of aryl methyl sites for hydroxylation is 2. The van der Waals surface area contributed by atoms with Gasteiger partial charge in [0.1, 0.15) is 5.75 Å². The van der Waals surface area contributed by atoms with Crippen molar-refractivity contribution in [3.63, 3.8) is 0 Å². The number of hydrogen-bond acceptors (Lipinski definition) is 3. The van der Waals surface area contributed by atoms with E-state index in [-0.39, 0.29) is 24.2 Å². The second-order valence-electron chi connectivity index (χ2n) is 6.93. The summed E-state index contributed by atoms with van der Waals surface area (Å²) in [4.78, 5) is 26.7. The van der Waals surface area contributed by atoms with E-state index in [1.165, 1.54) is 17.5 Å². The molecule has 2 amide bonds. The maximum absolute atomic E-state index is 12.6. The number of amides is 2. The fraction of sp³-hybridized carbons (Fsp3) is 0.333. The summed E-state index contributed by atoms with van der Waals surface area (Å²) < 4.78 is 5.15. The molecule has 2 aromatic rings. The molecule has 5 heteroatoms. The zero-order chi connectivity index (χ0) is 18.1. The van der Waals surface area contributed by atoms with Crippen LogP contribution < -0.4 is 15.0 Å². The van der Waals surface area contributed by atoms with Crippen LogP contribution in [-0.2, 0) is 22.4 Å². The number of anilines is 2. The normalized spacial score (nSPS) is 18.7. The van der Waals surface area contributed by atoms with E-state index in [0.29, 0.717) is 6.54 Å². The number of rotatable bonds is 4. The Morgan fingerprint density at radius 3 is 2.65 bits per heavy atom. The molecule has 0 saturated carbocycles. The Morgan fingerprint density at radius 1 is 1.12 bits per heavy atom. The van der Waals surface area contributed by atoms with Crippen LogP contribution >= 0.6 is 0 Å². The average molecular weight is 350 g/mol. The van der Waals surface area contributed by atoms with Crippen molar-refractivity contribution >= 4 is 23.2 Å². The van der Waals surface area contributed by atoms with Crippen molar-refractivity contribution in [2.45, 2.75) is 25.7 Å². The van der Waals surface area contributed by atoms with Crippen LogP contribution in [-0.4, -0.2) is 25.5 Å². The van der Waals surface area contributed by atoms with Crippen LogP contribution in [0, 0.1) is 5.92 Å². The molecule has 2 aliphatic rings. The van der Waals surface area contributed by atoms with Crippen LogP contribution in [0.4, 0.5) is 11.4 Å². The smallest absolute Gasteiger partial charge is 0.229 e. The summed E-state index contributed by atoms with van der Waals surface area (Å²) in [5.41, 5.74) is 4.32. The van der Waals surface area contributed by atoms with Crippen molar-refractivity contribution in [1.29, 1.82) is 0 Å². The van der Waals surface area contributed by atoms with Crippen LogP contribution in [0.1, 0.15) is 24.0 Å². The lowest BCUT2D eigenvalue weighted by atomic mass is 10.1. The first-order valence-corrected chi connectivity index (χ1v) is 9.01. The minimum atomic E-state index is -0.335. The largest absolute Gasteiger partial charge is 0.497 e. The lowest BCUT2D eigenvalue weighted by molar-refractivity contribution is -0.122. The molecule has 0 bridgehead atoms. The van der Waals surface area contributed by atoms with E-state index < -0.39 is 0 Å². The maximum Gasteiger partial charge on any atom is 0.229 e. The number of ether oxygens (including phenoxy) is 1. The SMILES string of the molecule is COc1ccc(N2CC(C(=O)Nc3ccc4c(c3)CCC4)CC2=O)cc1. The van der Waals surface area contributed by atoms with E-state index in [1.807, 2.05) is 30.3 Å². The number of methoxy groups -OCH3 is 1. The molecule has 1 aliphatic carbocycles. The third-order valence-electron chi connectivity index (χ3n) is 5.25. The molecule has 1 aliphatic heterocycles.